The molecule has 21 heavy (non-hydrogen) atoms. The number of carbonyl (C=O) groups is 2. The second-order valence-electron chi connectivity index (χ2n) is 4.75. The normalized spacial score (nSPS) is 15.0. The lowest BCUT2D eigenvalue weighted by atomic mass is 10.3. The van der Waals surface area contributed by atoms with Crippen molar-refractivity contribution in [2.75, 3.05) is 32.8 Å². The third kappa shape index (κ3) is 4.25. The van der Waals surface area contributed by atoms with Gasteiger partial charge in [0.05, 0.1) is 5.02 Å². The van der Waals surface area contributed by atoms with Crippen LogP contribution < -0.4 is 4.74 Å². The predicted octanol–water partition coefficient (Wildman–Crippen LogP) is 2.06. The van der Waals surface area contributed by atoms with Gasteiger partial charge < -0.3 is 14.5 Å². The van der Waals surface area contributed by atoms with Crippen LogP contribution in [0, 0.1) is 0 Å². The predicted molar refractivity (Wildman–Crippen MR) is 80.8 cm³/mol. The Morgan fingerprint density at radius 2 is 1.76 bits per heavy atom. The zero-order chi connectivity index (χ0) is 15.4. The van der Waals surface area contributed by atoms with Crippen molar-refractivity contribution in [3.63, 3.8) is 0 Å². The topological polar surface area (TPSA) is 49.9 Å². The molecule has 5 nitrogen and oxygen atoms in total. The largest absolute Gasteiger partial charge is 0.482 e. The Labute approximate surface area is 133 Å². The highest BCUT2D eigenvalue weighted by atomic mass is 35.5. The molecule has 2 amide bonds. The Kier molecular flexibility index (Phi) is 5.31. The first-order valence-corrected chi connectivity index (χ1v) is 7.34. The quantitative estimate of drug-likeness (QED) is 0.852. The van der Waals surface area contributed by atoms with Crippen molar-refractivity contribution in [3.05, 3.63) is 28.2 Å². The third-order valence-electron chi connectivity index (χ3n) is 3.32. The molecule has 0 bridgehead atoms. The zero-order valence-electron chi connectivity index (χ0n) is 11.6. The number of amides is 2. The van der Waals surface area contributed by atoms with Gasteiger partial charge in [-0.05, 0) is 18.2 Å². The second-order valence-corrected chi connectivity index (χ2v) is 5.59. The number of carbonyl (C=O) groups excluding carboxylic acids is 2. The van der Waals surface area contributed by atoms with Gasteiger partial charge in [-0.1, -0.05) is 23.2 Å². The van der Waals surface area contributed by atoms with Gasteiger partial charge in [0.1, 0.15) is 5.75 Å². The molecule has 2 rings (SSSR count). The van der Waals surface area contributed by atoms with Gasteiger partial charge in [0.15, 0.2) is 6.61 Å². The Balaban J connectivity index is 1.84. The minimum atomic E-state index is -0.121. The van der Waals surface area contributed by atoms with E-state index in [-0.39, 0.29) is 18.4 Å². The summed E-state index contributed by atoms with van der Waals surface area (Å²) in [4.78, 5) is 26.7. The fourth-order valence-corrected chi connectivity index (χ4v) is 2.56. The Bertz CT molecular complexity index is 543. The van der Waals surface area contributed by atoms with Gasteiger partial charge in [-0.25, -0.2) is 0 Å². The van der Waals surface area contributed by atoms with E-state index in [1.165, 1.54) is 6.92 Å². The van der Waals surface area contributed by atoms with Crippen molar-refractivity contribution >= 4 is 35.0 Å². The van der Waals surface area contributed by atoms with E-state index in [4.69, 9.17) is 27.9 Å². The van der Waals surface area contributed by atoms with Crippen molar-refractivity contribution in [3.8, 4) is 5.75 Å². The van der Waals surface area contributed by atoms with Crippen LogP contribution in [0.4, 0.5) is 0 Å². The number of benzene rings is 1. The van der Waals surface area contributed by atoms with Crippen molar-refractivity contribution in [1.82, 2.24) is 9.80 Å². The molecular formula is C14H16Cl2N2O3. The van der Waals surface area contributed by atoms with Gasteiger partial charge in [0.25, 0.3) is 5.91 Å². The SMILES string of the molecule is CC(=O)N1CCN(C(=O)COc2ccc(Cl)cc2Cl)CC1. The van der Waals surface area contributed by atoms with Crippen LogP contribution in [-0.2, 0) is 9.59 Å². The molecule has 1 heterocycles. The van der Waals surface area contributed by atoms with Crippen LogP contribution >= 0.6 is 23.2 Å². The fraction of sp³-hybridized carbons (Fsp3) is 0.429. The number of hydrogen-bond acceptors (Lipinski definition) is 3. The van der Waals surface area contributed by atoms with E-state index >= 15 is 0 Å². The van der Waals surface area contributed by atoms with Crippen LogP contribution in [0.25, 0.3) is 0 Å². The lowest BCUT2D eigenvalue weighted by molar-refractivity contribution is -0.139. The molecule has 0 unspecified atom stereocenters. The first kappa shape index (κ1) is 15.9. The van der Waals surface area contributed by atoms with Crippen LogP contribution in [0.1, 0.15) is 6.92 Å². The maximum atomic E-state index is 12.1. The number of ether oxygens (including phenoxy) is 1. The maximum Gasteiger partial charge on any atom is 0.260 e. The van der Waals surface area contributed by atoms with E-state index in [1.54, 1.807) is 28.0 Å². The number of piperazine rings is 1. The van der Waals surface area contributed by atoms with Crippen LogP contribution in [0.15, 0.2) is 18.2 Å². The summed E-state index contributed by atoms with van der Waals surface area (Å²) in [7, 11) is 0. The second kappa shape index (κ2) is 7.00. The summed E-state index contributed by atoms with van der Waals surface area (Å²) >= 11 is 11.8. The molecule has 0 radical (unpaired) electrons. The first-order chi connectivity index (χ1) is 9.97. The Hall–Kier alpha value is -1.46. The van der Waals surface area contributed by atoms with Gasteiger partial charge in [-0.2, -0.15) is 0 Å². The van der Waals surface area contributed by atoms with E-state index in [0.717, 1.165) is 0 Å². The van der Waals surface area contributed by atoms with E-state index in [9.17, 15) is 9.59 Å². The van der Waals surface area contributed by atoms with Crippen LogP contribution in [0.3, 0.4) is 0 Å². The summed E-state index contributed by atoms with van der Waals surface area (Å²) in [5.74, 6) is 0.340. The van der Waals surface area contributed by atoms with Gasteiger partial charge in [-0.15, -0.1) is 0 Å². The van der Waals surface area contributed by atoms with E-state index < -0.39 is 0 Å². The Morgan fingerprint density at radius 3 is 2.33 bits per heavy atom. The lowest BCUT2D eigenvalue weighted by Crippen LogP contribution is -2.51. The average Bonchev–Trinajstić information content (AvgIpc) is 2.46. The summed E-state index contributed by atoms with van der Waals surface area (Å²) in [6.07, 6.45) is 0. The van der Waals surface area contributed by atoms with E-state index in [2.05, 4.69) is 0 Å². The molecule has 0 N–H and O–H groups in total. The monoisotopic (exact) mass is 330 g/mol. The number of rotatable bonds is 3. The molecule has 0 spiro atoms. The molecule has 0 atom stereocenters. The summed E-state index contributed by atoms with van der Waals surface area (Å²) in [5.41, 5.74) is 0. The molecule has 1 aliphatic rings. The first-order valence-electron chi connectivity index (χ1n) is 6.58. The molecule has 1 fully saturated rings. The number of hydrogen-bond donors (Lipinski definition) is 0. The highest BCUT2D eigenvalue weighted by Crippen LogP contribution is 2.27. The van der Waals surface area contributed by atoms with Gasteiger partial charge in [0.2, 0.25) is 5.91 Å². The van der Waals surface area contributed by atoms with Crippen molar-refractivity contribution in [2.45, 2.75) is 6.92 Å². The highest BCUT2D eigenvalue weighted by Gasteiger charge is 2.22. The van der Waals surface area contributed by atoms with Crippen molar-refractivity contribution in [2.24, 2.45) is 0 Å². The Morgan fingerprint density at radius 1 is 1.14 bits per heavy atom. The molecule has 1 aromatic carbocycles. The van der Waals surface area contributed by atoms with E-state index in [1.807, 2.05) is 0 Å². The highest BCUT2D eigenvalue weighted by molar-refractivity contribution is 6.35. The molecule has 1 aliphatic heterocycles. The molecule has 7 heteroatoms. The molecule has 0 aromatic heterocycles. The average molecular weight is 331 g/mol. The summed E-state index contributed by atoms with van der Waals surface area (Å²) in [5, 5.41) is 0.885. The summed E-state index contributed by atoms with van der Waals surface area (Å²) in [6.45, 7) is 3.61. The zero-order valence-corrected chi connectivity index (χ0v) is 13.2. The molecule has 1 saturated heterocycles. The van der Waals surface area contributed by atoms with Crippen molar-refractivity contribution in [1.29, 1.82) is 0 Å². The van der Waals surface area contributed by atoms with Gasteiger partial charge in [-0.3, -0.25) is 9.59 Å². The third-order valence-corrected chi connectivity index (χ3v) is 3.85. The van der Waals surface area contributed by atoms with Gasteiger partial charge >= 0.3 is 0 Å². The standard InChI is InChI=1S/C14H16Cl2N2O3/c1-10(19)17-4-6-18(7-5-17)14(20)9-21-13-3-2-11(15)8-12(13)16/h2-3,8H,4-7,9H2,1H3. The van der Waals surface area contributed by atoms with Crippen LogP contribution in [0.5, 0.6) is 5.75 Å². The maximum absolute atomic E-state index is 12.1. The molecule has 114 valence electrons. The molecule has 0 aliphatic carbocycles. The fourth-order valence-electron chi connectivity index (χ4n) is 2.09. The van der Waals surface area contributed by atoms with E-state index in [0.29, 0.717) is 42.0 Å². The van der Waals surface area contributed by atoms with Gasteiger partial charge in [0, 0.05) is 38.1 Å². The van der Waals surface area contributed by atoms with Crippen molar-refractivity contribution < 1.29 is 14.3 Å². The molecule has 1 aromatic rings. The number of nitrogens with zero attached hydrogens (tertiary/aromatic N) is 2. The molecular weight excluding hydrogens is 315 g/mol. The van der Waals surface area contributed by atoms with Crippen LogP contribution in [-0.4, -0.2) is 54.4 Å². The summed E-state index contributed by atoms with van der Waals surface area (Å²) in [6, 6.07) is 4.85. The number of halogens is 2. The van der Waals surface area contributed by atoms with Crippen LogP contribution in [0.2, 0.25) is 10.0 Å². The minimum absolute atomic E-state index is 0.0336. The minimum Gasteiger partial charge on any atom is -0.482 e. The smallest absolute Gasteiger partial charge is 0.260 e. The summed E-state index contributed by atoms with van der Waals surface area (Å²) < 4.78 is 5.42. The lowest BCUT2D eigenvalue weighted by Gasteiger charge is -2.34. The molecule has 0 saturated carbocycles.